The zero-order valence-corrected chi connectivity index (χ0v) is 11.7. The molecule has 0 aliphatic heterocycles. The Kier molecular flexibility index (Phi) is 6.74. The minimum absolute atomic E-state index is 0.114. The summed E-state index contributed by atoms with van der Waals surface area (Å²) in [4.78, 5) is 11.7. The molecule has 5 heteroatoms. The summed E-state index contributed by atoms with van der Waals surface area (Å²) in [5.74, 6) is 1.22. The highest BCUT2D eigenvalue weighted by Gasteiger charge is 2.09. The molecule has 1 amide bonds. The maximum absolute atomic E-state index is 11.7. The Bertz CT molecular complexity index is 406. The molecular formula is C14H21NO4. The van der Waals surface area contributed by atoms with Crippen LogP contribution in [0.1, 0.15) is 20.3 Å². The number of benzene rings is 1. The second-order valence-corrected chi connectivity index (χ2v) is 3.81. The molecule has 0 spiro atoms. The molecule has 1 rings (SSSR count). The molecule has 0 fully saturated rings. The average molecular weight is 267 g/mol. The van der Waals surface area contributed by atoms with Crippen LogP contribution in [0, 0.1) is 0 Å². The van der Waals surface area contributed by atoms with Crippen molar-refractivity contribution in [2.75, 3.05) is 32.2 Å². The summed E-state index contributed by atoms with van der Waals surface area (Å²) in [5, 5.41) is 2.81. The van der Waals surface area contributed by atoms with E-state index in [0.717, 1.165) is 0 Å². The molecular weight excluding hydrogens is 246 g/mol. The van der Waals surface area contributed by atoms with Crippen molar-refractivity contribution in [1.29, 1.82) is 0 Å². The standard InChI is InChI=1S/C14H21NO4/c1-4-18-11-6-7-13(19-5-2)12(10-11)15-14(16)8-9-17-3/h6-7,10H,4-5,8-9H2,1-3H3,(H,15,16). The number of carbonyl (C=O) groups is 1. The molecule has 0 aliphatic carbocycles. The van der Waals surface area contributed by atoms with Crippen LogP contribution in [0.25, 0.3) is 0 Å². The molecule has 19 heavy (non-hydrogen) atoms. The van der Waals surface area contributed by atoms with Gasteiger partial charge >= 0.3 is 0 Å². The predicted octanol–water partition coefficient (Wildman–Crippen LogP) is 2.46. The molecule has 106 valence electrons. The number of nitrogens with one attached hydrogen (secondary N) is 1. The molecule has 0 saturated heterocycles. The Hall–Kier alpha value is -1.75. The summed E-state index contributed by atoms with van der Waals surface area (Å²) < 4.78 is 15.8. The maximum atomic E-state index is 11.7. The van der Waals surface area contributed by atoms with E-state index >= 15 is 0 Å². The lowest BCUT2D eigenvalue weighted by atomic mass is 10.2. The molecule has 1 N–H and O–H groups in total. The molecule has 1 aromatic rings. The molecule has 5 nitrogen and oxygen atoms in total. The van der Waals surface area contributed by atoms with Crippen LogP contribution in [0.5, 0.6) is 11.5 Å². The van der Waals surface area contributed by atoms with Crippen LogP contribution >= 0.6 is 0 Å². The van der Waals surface area contributed by atoms with Gasteiger partial charge in [-0.1, -0.05) is 0 Å². The third kappa shape index (κ3) is 5.18. The Balaban J connectivity index is 2.80. The van der Waals surface area contributed by atoms with Gasteiger partial charge in [-0.2, -0.15) is 0 Å². The third-order valence-corrected chi connectivity index (χ3v) is 2.37. The van der Waals surface area contributed by atoms with Gasteiger partial charge in [0.05, 0.1) is 31.9 Å². The van der Waals surface area contributed by atoms with Gasteiger partial charge in [0.1, 0.15) is 11.5 Å². The molecule has 0 heterocycles. The summed E-state index contributed by atoms with van der Waals surface area (Å²) in [7, 11) is 1.56. The second-order valence-electron chi connectivity index (χ2n) is 3.81. The Labute approximate surface area is 113 Å². The minimum atomic E-state index is -0.114. The summed E-state index contributed by atoms with van der Waals surface area (Å²) >= 11 is 0. The first-order valence-corrected chi connectivity index (χ1v) is 6.39. The van der Waals surface area contributed by atoms with E-state index in [1.54, 1.807) is 19.2 Å². The zero-order chi connectivity index (χ0) is 14.1. The lowest BCUT2D eigenvalue weighted by Gasteiger charge is -2.13. The highest BCUT2D eigenvalue weighted by molar-refractivity contribution is 5.92. The largest absolute Gasteiger partial charge is 0.494 e. The third-order valence-electron chi connectivity index (χ3n) is 2.37. The van der Waals surface area contributed by atoms with E-state index in [1.165, 1.54) is 0 Å². The number of rotatable bonds is 8. The Morgan fingerprint density at radius 1 is 1.21 bits per heavy atom. The van der Waals surface area contributed by atoms with Crippen LogP contribution in [0.4, 0.5) is 5.69 Å². The summed E-state index contributed by atoms with van der Waals surface area (Å²) in [6.07, 6.45) is 0.306. The van der Waals surface area contributed by atoms with Crippen LogP contribution in [-0.2, 0) is 9.53 Å². The number of ether oxygens (including phenoxy) is 3. The smallest absolute Gasteiger partial charge is 0.226 e. The molecule has 0 bridgehead atoms. The van der Waals surface area contributed by atoms with Crippen molar-refractivity contribution in [1.82, 2.24) is 0 Å². The van der Waals surface area contributed by atoms with Crippen LogP contribution in [-0.4, -0.2) is 32.8 Å². The minimum Gasteiger partial charge on any atom is -0.494 e. The molecule has 0 unspecified atom stereocenters. The van der Waals surface area contributed by atoms with E-state index in [9.17, 15) is 4.79 Å². The lowest BCUT2D eigenvalue weighted by molar-refractivity contribution is -0.117. The van der Waals surface area contributed by atoms with Gasteiger partial charge in [0.2, 0.25) is 5.91 Å². The van der Waals surface area contributed by atoms with Crippen LogP contribution < -0.4 is 14.8 Å². The van der Waals surface area contributed by atoms with Crippen molar-refractivity contribution in [2.24, 2.45) is 0 Å². The normalized spacial score (nSPS) is 10.1. The summed E-state index contributed by atoms with van der Waals surface area (Å²) in [6, 6.07) is 5.37. The van der Waals surface area contributed by atoms with Crippen molar-refractivity contribution in [2.45, 2.75) is 20.3 Å². The fourth-order valence-corrected chi connectivity index (χ4v) is 1.55. The van der Waals surface area contributed by atoms with Crippen LogP contribution in [0.3, 0.4) is 0 Å². The lowest BCUT2D eigenvalue weighted by Crippen LogP contribution is -2.14. The van der Waals surface area contributed by atoms with Gasteiger partial charge in [0.15, 0.2) is 0 Å². The zero-order valence-electron chi connectivity index (χ0n) is 11.7. The first-order chi connectivity index (χ1) is 9.21. The fraction of sp³-hybridized carbons (Fsp3) is 0.500. The first-order valence-electron chi connectivity index (χ1n) is 6.39. The molecule has 1 aromatic carbocycles. The van der Waals surface area contributed by atoms with Crippen molar-refractivity contribution in [3.63, 3.8) is 0 Å². The molecule has 0 aromatic heterocycles. The number of carbonyl (C=O) groups excluding carboxylic acids is 1. The van der Waals surface area contributed by atoms with Gasteiger partial charge in [-0.25, -0.2) is 0 Å². The summed E-state index contributed by atoms with van der Waals surface area (Å²) in [6.45, 7) is 5.31. The molecule has 0 radical (unpaired) electrons. The van der Waals surface area contributed by atoms with E-state index in [2.05, 4.69) is 5.32 Å². The molecule has 0 saturated carbocycles. The van der Waals surface area contributed by atoms with E-state index < -0.39 is 0 Å². The Morgan fingerprint density at radius 2 is 1.95 bits per heavy atom. The highest BCUT2D eigenvalue weighted by Crippen LogP contribution is 2.29. The number of hydrogen-bond donors (Lipinski definition) is 1. The highest BCUT2D eigenvalue weighted by atomic mass is 16.5. The van der Waals surface area contributed by atoms with Crippen LogP contribution in [0.2, 0.25) is 0 Å². The predicted molar refractivity (Wildman–Crippen MR) is 73.9 cm³/mol. The monoisotopic (exact) mass is 267 g/mol. The van der Waals surface area contributed by atoms with Crippen molar-refractivity contribution in [3.05, 3.63) is 18.2 Å². The average Bonchev–Trinajstić information content (AvgIpc) is 2.40. The fourth-order valence-electron chi connectivity index (χ4n) is 1.55. The quantitative estimate of drug-likeness (QED) is 0.786. The topological polar surface area (TPSA) is 56.8 Å². The van der Waals surface area contributed by atoms with Gasteiger partial charge in [0.25, 0.3) is 0 Å². The van der Waals surface area contributed by atoms with Crippen molar-refractivity contribution < 1.29 is 19.0 Å². The first kappa shape index (κ1) is 15.3. The van der Waals surface area contributed by atoms with Crippen molar-refractivity contribution in [3.8, 4) is 11.5 Å². The molecule has 0 atom stereocenters. The van der Waals surface area contributed by atoms with Gasteiger partial charge in [-0.05, 0) is 26.0 Å². The Morgan fingerprint density at radius 3 is 2.58 bits per heavy atom. The van der Waals surface area contributed by atoms with Gasteiger partial charge in [-0.15, -0.1) is 0 Å². The summed E-state index contributed by atoms with van der Waals surface area (Å²) in [5.41, 5.74) is 0.619. The van der Waals surface area contributed by atoms with Gasteiger partial charge in [-0.3, -0.25) is 4.79 Å². The van der Waals surface area contributed by atoms with Crippen molar-refractivity contribution >= 4 is 11.6 Å². The number of methoxy groups -OCH3 is 1. The number of anilines is 1. The maximum Gasteiger partial charge on any atom is 0.226 e. The van der Waals surface area contributed by atoms with Crippen LogP contribution in [0.15, 0.2) is 18.2 Å². The van der Waals surface area contributed by atoms with Gasteiger partial charge < -0.3 is 19.5 Å². The SMILES string of the molecule is CCOc1ccc(OCC)c(NC(=O)CCOC)c1. The van der Waals surface area contributed by atoms with E-state index in [-0.39, 0.29) is 5.91 Å². The number of hydrogen-bond acceptors (Lipinski definition) is 4. The number of amides is 1. The second kappa shape index (κ2) is 8.37. The van der Waals surface area contributed by atoms with Gasteiger partial charge in [0, 0.05) is 13.2 Å². The van der Waals surface area contributed by atoms with E-state index in [1.807, 2.05) is 19.9 Å². The molecule has 0 aliphatic rings. The van der Waals surface area contributed by atoms with E-state index in [0.29, 0.717) is 43.4 Å². The van der Waals surface area contributed by atoms with E-state index in [4.69, 9.17) is 14.2 Å².